The van der Waals surface area contributed by atoms with Gasteiger partial charge in [-0.2, -0.15) is 0 Å². The summed E-state index contributed by atoms with van der Waals surface area (Å²) in [6.07, 6.45) is 0.602. The minimum atomic E-state index is -1.92. The van der Waals surface area contributed by atoms with E-state index in [0.29, 0.717) is 18.8 Å². The smallest absolute Gasteiger partial charge is 0.412 e. The molecule has 0 aromatic carbocycles. The molecule has 1 spiro atoms. The molecule has 5 atom stereocenters. The highest BCUT2D eigenvalue weighted by molar-refractivity contribution is 8.50. The Hall–Kier alpha value is 0.612. The summed E-state index contributed by atoms with van der Waals surface area (Å²) in [5.74, 6) is 0.809. The molecule has 2 saturated heterocycles. The lowest BCUT2D eigenvalue weighted by Gasteiger charge is -2.40. The third kappa shape index (κ3) is 3.65. The second-order valence-corrected chi connectivity index (χ2v) is 15.5. The van der Waals surface area contributed by atoms with Crippen molar-refractivity contribution >= 4 is 34.8 Å². The summed E-state index contributed by atoms with van der Waals surface area (Å²) in [6.45, 7) is 13.7. The highest BCUT2D eigenvalue weighted by Gasteiger charge is 2.56. The van der Waals surface area contributed by atoms with Crippen LogP contribution in [0.15, 0.2) is 0 Å². The summed E-state index contributed by atoms with van der Waals surface area (Å²) in [5, 5.41) is 0.132. The monoisotopic (exact) mass is 361 g/mol. The topological polar surface area (TPSA) is 44.8 Å². The van der Waals surface area contributed by atoms with Crippen LogP contribution >= 0.6 is 18.6 Å². The van der Waals surface area contributed by atoms with E-state index in [1.54, 1.807) is 0 Å². The third-order valence-corrected chi connectivity index (χ3v) is 12.4. The van der Waals surface area contributed by atoms with E-state index < -0.39 is 27.2 Å². The van der Waals surface area contributed by atoms with E-state index in [1.807, 2.05) is 0 Å². The zero-order valence-corrected chi connectivity index (χ0v) is 17.1. The Balaban J connectivity index is 2.16. The lowest BCUT2D eigenvalue weighted by Crippen LogP contribution is -2.48. The summed E-state index contributed by atoms with van der Waals surface area (Å²) in [7, 11) is 2.71. The van der Waals surface area contributed by atoms with Crippen LogP contribution in [-0.4, -0.2) is 46.2 Å². The maximum atomic E-state index is 11.6. The van der Waals surface area contributed by atoms with Crippen molar-refractivity contribution in [3.63, 3.8) is 0 Å². The van der Waals surface area contributed by atoms with Crippen LogP contribution in [0.2, 0.25) is 18.1 Å². The minimum Gasteiger partial charge on any atom is -0.412 e. The molecule has 0 aromatic rings. The lowest BCUT2D eigenvalue weighted by molar-refractivity contribution is -0.0247. The van der Waals surface area contributed by atoms with Crippen LogP contribution in [0.5, 0.6) is 0 Å². The van der Waals surface area contributed by atoms with Gasteiger partial charge >= 0.3 is 7.23 Å². The molecule has 22 heavy (non-hydrogen) atoms. The molecular weight excluding hydrogens is 334 g/mol. The zero-order valence-electron chi connectivity index (χ0n) is 14.4. The van der Waals surface area contributed by atoms with Gasteiger partial charge in [0.25, 0.3) is 0 Å². The molecule has 2 aliphatic heterocycles. The quantitative estimate of drug-likeness (QED) is 0.548. The highest BCUT2D eigenvalue weighted by Crippen LogP contribution is 2.52. The third-order valence-electron chi connectivity index (χ3n) is 5.39. The first-order valence-corrected chi connectivity index (χ1v) is 13.5. The van der Waals surface area contributed by atoms with Crippen LogP contribution in [0.4, 0.5) is 0 Å². The number of rotatable bonds is 2. The Kier molecular flexibility index (Phi) is 5.59. The Morgan fingerprint density at radius 2 is 2.05 bits per heavy atom. The first-order valence-electron chi connectivity index (χ1n) is 7.83. The molecule has 2 unspecified atom stereocenters. The van der Waals surface area contributed by atoms with Crippen LogP contribution in [0.25, 0.3) is 0 Å². The summed E-state index contributed by atoms with van der Waals surface area (Å²) < 4.78 is 29.6. The molecule has 0 N–H and O–H groups in total. The van der Waals surface area contributed by atoms with E-state index in [2.05, 4.69) is 40.8 Å². The number of hydrogen-bond donors (Lipinski definition) is 0. The van der Waals surface area contributed by atoms with Gasteiger partial charge in [0, 0.05) is 18.3 Å². The second kappa shape index (κ2) is 6.49. The van der Waals surface area contributed by atoms with Crippen molar-refractivity contribution in [1.82, 2.24) is 0 Å². The molecule has 0 amide bonds. The first kappa shape index (κ1) is 18.9. The molecular formula is C14H27BO4PSSi+. The van der Waals surface area contributed by atoms with Crippen molar-refractivity contribution in [2.45, 2.75) is 70.0 Å². The molecule has 0 aromatic heterocycles. The summed E-state index contributed by atoms with van der Waals surface area (Å²) in [6, 6.07) is -0.430. The SMILES string of the molecule is [B][C@@H]1O[C@@]2(CCO[P+](=O)SC2)[C@H](C)C1O[Si](C)(C)C(C)(C)C. The largest absolute Gasteiger partial charge is 0.585 e. The van der Waals surface area contributed by atoms with E-state index in [0.717, 1.165) is 0 Å². The molecule has 8 heteroatoms. The van der Waals surface area contributed by atoms with Gasteiger partial charge in [0.05, 0.1) is 17.5 Å². The standard InChI is InChI=1S/C14H27BO4PSSi/c1-10-11(19-22(5,6)13(2,3)4)12(15)18-14(10)7-8-17-20(16)21-9-14/h10-12H,7-9H2,1-6H3/q+1/t10-,11?,12-,14-/m1/s1. The maximum absolute atomic E-state index is 11.6. The Labute approximate surface area is 141 Å². The average molecular weight is 361 g/mol. The highest BCUT2D eigenvalue weighted by atomic mass is 32.7. The summed E-state index contributed by atoms with van der Waals surface area (Å²) in [4.78, 5) is 0. The van der Waals surface area contributed by atoms with Crippen LogP contribution in [0, 0.1) is 5.92 Å². The molecule has 2 heterocycles. The van der Waals surface area contributed by atoms with Crippen molar-refractivity contribution in [1.29, 1.82) is 0 Å². The predicted octanol–water partition coefficient (Wildman–Crippen LogP) is 4.09. The molecule has 0 aliphatic carbocycles. The number of hydrogen-bond acceptors (Lipinski definition) is 5. The molecule has 2 radical (unpaired) electrons. The van der Waals surface area contributed by atoms with Gasteiger partial charge in [-0.25, -0.2) is 0 Å². The second-order valence-electron chi connectivity index (χ2n) is 7.86. The average Bonchev–Trinajstić information content (AvgIpc) is 2.52. The Bertz CT molecular complexity index is 445. The van der Waals surface area contributed by atoms with Crippen molar-refractivity contribution in [2.75, 3.05) is 12.4 Å². The minimum absolute atomic E-state index is 0.113. The maximum Gasteiger partial charge on any atom is 0.585 e. The Morgan fingerprint density at radius 3 is 2.64 bits per heavy atom. The fourth-order valence-electron chi connectivity index (χ4n) is 2.73. The van der Waals surface area contributed by atoms with E-state index in [9.17, 15) is 4.57 Å². The molecule has 0 bridgehead atoms. The van der Waals surface area contributed by atoms with Gasteiger partial charge in [0.2, 0.25) is 0 Å². The normalized spacial score (nSPS) is 39.2. The van der Waals surface area contributed by atoms with Gasteiger partial charge < -0.3 is 9.16 Å². The van der Waals surface area contributed by atoms with Crippen LogP contribution in [0.1, 0.15) is 34.1 Å². The van der Waals surface area contributed by atoms with Crippen molar-refractivity contribution in [2.24, 2.45) is 5.92 Å². The molecule has 2 aliphatic rings. The van der Waals surface area contributed by atoms with Crippen molar-refractivity contribution in [3.8, 4) is 0 Å². The van der Waals surface area contributed by atoms with Gasteiger partial charge in [0.1, 0.15) is 14.5 Å². The van der Waals surface area contributed by atoms with Crippen molar-refractivity contribution in [3.05, 3.63) is 0 Å². The fourth-order valence-corrected chi connectivity index (χ4v) is 6.64. The Morgan fingerprint density at radius 1 is 1.41 bits per heavy atom. The van der Waals surface area contributed by atoms with Crippen LogP contribution < -0.4 is 0 Å². The van der Waals surface area contributed by atoms with Gasteiger partial charge in [-0.3, -0.25) is 0 Å². The van der Waals surface area contributed by atoms with Crippen molar-refractivity contribution < 1.29 is 18.3 Å². The summed E-state index contributed by atoms with van der Waals surface area (Å²) >= 11 is 1.33. The van der Waals surface area contributed by atoms with Crippen LogP contribution in [0.3, 0.4) is 0 Å². The first-order chi connectivity index (χ1) is 9.98. The predicted molar refractivity (Wildman–Crippen MR) is 95.2 cm³/mol. The van der Waals surface area contributed by atoms with Gasteiger partial charge in [-0.05, 0) is 22.7 Å². The van der Waals surface area contributed by atoms with E-state index in [4.69, 9.17) is 21.5 Å². The van der Waals surface area contributed by atoms with Gasteiger partial charge in [0.15, 0.2) is 19.7 Å². The fraction of sp³-hybridized carbons (Fsp3) is 1.00. The van der Waals surface area contributed by atoms with Gasteiger partial charge in [-0.1, -0.05) is 27.7 Å². The molecule has 0 saturated carbocycles. The molecule has 4 nitrogen and oxygen atoms in total. The molecule has 2 rings (SSSR count). The summed E-state index contributed by atoms with van der Waals surface area (Å²) in [5.41, 5.74) is -0.390. The number of ether oxygens (including phenoxy) is 1. The molecule has 2 fully saturated rings. The van der Waals surface area contributed by atoms with E-state index >= 15 is 0 Å². The lowest BCUT2D eigenvalue weighted by atomic mass is 9.82. The van der Waals surface area contributed by atoms with Crippen LogP contribution in [-0.2, 0) is 18.3 Å². The molecule has 124 valence electrons. The van der Waals surface area contributed by atoms with E-state index in [1.165, 1.54) is 11.4 Å². The zero-order chi connectivity index (χ0) is 16.8. The van der Waals surface area contributed by atoms with Gasteiger partial charge in [-0.15, -0.1) is 4.52 Å². The van der Waals surface area contributed by atoms with E-state index in [-0.39, 0.29) is 17.1 Å².